The van der Waals surface area contributed by atoms with Gasteiger partial charge in [0.2, 0.25) is 0 Å². The Labute approximate surface area is 160 Å². The standard InChI is InChI=1S/C17H13BrN4OS2/c1-7-5-8(2)20-16-12(7)13(19)14(25-16)15(23)22-17-21-10-4-3-9(18)6-11(10)24-17/h3-6H,19H2,1-2H3,(H,21,22,23). The van der Waals surface area contributed by atoms with Gasteiger partial charge in [-0.3, -0.25) is 10.1 Å². The van der Waals surface area contributed by atoms with E-state index in [-0.39, 0.29) is 5.91 Å². The highest BCUT2D eigenvalue weighted by Gasteiger charge is 2.20. The maximum absolute atomic E-state index is 12.7. The van der Waals surface area contributed by atoms with Crippen LogP contribution in [0.2, 0.25) is 0 Å². The molecule has 4 rings (SSSR count). The first-order valence-electron chi connectivity index (χ1n) is 7.46. The minimum atomic E-state index is -0.254. The van der Waals surface area contributed by atoms with Gasteiger partial charge in [-0.25, -0.2) is 9.97 Å². The lowest BCUT2D eigenvalue weighted by atomic mass is 10.1. The van der Waals surface area contributed by atoms with Crippen LogP contribution in [-0.2, 0) is 0 Å². The molecule has 0 atom stereocenters. The molecule has 0 radical (unpaired) electrons. The summed E-state index contributed by atoms with van der Waals surface area (Å²) in [4.78, 5) is 22.9. The molecule has 0 unspecified atom stereocenters. The van der Waals surface area contributed by atoms with Crippen LogP contribution in [0.1, 0.15) is 20.9 Å². The summed E-state index contributed by atoms with van der Waals surface area (Å²) in [5.74, 6) is -0.254. The van der Waals surface area contributed by atoms with Crippen molar-refractivity contribution < 1.29 is 4.79 Å². The molecule has 3 aromatic heterocycles. The van der Waals surface area contributed by atoms with E-state index in [1.54, 1.807) is 0 Å². The summed E-state index contributed by atoms with van der Waals surface area (Å²) in [6, 6.07) is 7.79. The second-order valence-electron chi connectivity index (χ2n) is 5.69. The third-order valence-electron chi connectivity index (χ3n) is 3.80. The number of aryl methyl sites for hydroxylation is 2. The van der Waals surface area contributed by atoms with E-state index in [0.29, 0.717) is 15.7 Å². The van der Waals surface area contributed by atoms with Crippen LogP contribution in [0, 0.1) is 13.8 Å². The summed E-state index contributed by atoms with van der Waals surface area (Å²) >= 11 is 6.18. The Bertz CT molecular complexity index is 1150. The normalized spacial score (nSPS) is 11.3. The van der Waals surface area contributed by atoms with Crippen LogP contribution in [0.15, 0.2) is 28.7 Å². The quantitative estimate of drug-likeness (QED) is 0.460. The fourth-order valence-electron chi connectivity index (χ4n) is 2.74. The van der Waals surface area contributed by atoms with Gasteiger partial charge in [-0.05, 0) is 43.7 Å². The molecule has 0 saturated heterocycles. The van der Waals surface area contributed by atoms with Crippen LogP contribution < -0.4 is 11.1 Å². The average molecular weight is 433 g/mol. The minimum absolute atomic E-state index is 0.254. The third kappa shape index (κ3) is 2.90. The number of carbonyl (C=O) groups is 1. The van der Waals surface area contributed by atoms with Gasteiger partial charge >= 0.3 is 0 Å². The van der Waals surface area contributed by atoms with Gasteiger partial charge in [0.15, 0.2) is 5.13 Å². The number of nitrogens with two attached hydrogens (primary N) is 1. The molecule has 0 aliphatic rings. The molecule has 0 spiro atoms. The number of benzene rings is 1. The van der Waals surface area contributed by atoms with Crippen molar-refractivity contribution in [1.29, 1.82) is 0 Å². The average Bonchev–Trinajstić information content (AvgIpc) is 3.07. The van der Waals surface area contributed by atoms with Gasteiger partial charge in [-0.15, -0.1) is 11.3 Å². The van der Waals surface area contributed by atoms with E-state index in [4.69, 9.17) is 5.73 Å². The van der Waals surface area contributed by atoms with E-state index in [9.17, 15) is 4.79 Å². The summed E-state index contributed by atoms with van der Waals surface area (Å²) in [5.41, 5.74) is 9.49. The summed E-state index contributed by atoms with van der Waals surface area (Å²) < 4.78 is 1.98. The number of rotatable bonds is 2. The first-order chi connectivity index (χ1) is 11.9. The lowest BCUT2D eigenvalue weighted by Gasteiger charge is -2.01. The van der Waals surface area contributed by atoms with Crippen LogP contribution in [-0.4, -0.2) is 15.9 Å². The van der Waals surface area contributed by atoms with Crippen molar-refractivity contribution in [3.05, 3.63) is 44.9 Å². The molecule has 4 aromatic rings. The van der Waals surface area contributed by atoms with Crippen molar-refractivity contribution in [1.82, 2.24) is 9.97 Å². The van der Waals surface area contributed by atoms with Gasteiger partial charge in [-0.2, -0.15) is 0 Å². The zero-order valence-electron chi connectivity index (χ0n) is 13.4. The van der Waals surface area contributed by atoms with Gasteiger partial charge in [0.25, 0.3) is 5.91 Å². The Morgan fingerprint density at radius 3 is 2.80 bits per heavy atom. The zero-order chi connectivity index (χ0) is 17.7. The van der Waals surface area contributed by atoms with Crippen LogP contribution in [0.3, 0.4) is 0 Å². The summed E-state index contributed by atoms with van der Waals surface area (Å²) in [7, 11) is 0. The number of anilines is 2. The topological polar surface area (TPSA) is 80.9 Å². The van der Waals surface area contributed by atoms with E-state index in [0.717, 1.165) is 36.2 Å². The van der Waals surface area contributed by atoms with Crippen LogP contribution in [0.4, 0.5) is 10.8 Å². The van der Waals surface area contributed by atoms with Gasteiger partial charge in [0.1, 0.15) is 9.71 Å². The SMILES string of the molecule is Cc1cc(C)c2c(N)c(C(=O)Nc3nc4ccc(Br)cc4s3)sc2n1. The molecule has 0 saturated carbocycles. The number of fused-ring (bicyclic) bond motifs is 2. The second-order valence-corrected chi connectivity index (χ2v) is 8.64. The molecule has 5 nitrogen and oxygen atoms in total. The number of pyridine rings is 1. The van der Waals surface area contributed by atoms with Crippen molar-refractivity contribution in [2.75, 3.05) is 11.1 Å². The molecule has 0 aliphatic carbocycles. The molecule has 3 N–H and O–H groups in total. The van der Waals surface area contributed by atoms with Crippen LogP contribution in [0.25, 0.3) is 20.4 Å². The Balaban J connectivity index is 1.71. The highest BCUT2D eigenvalue weighted by Crippen LogP contribution is 2.36. The molecular formula is C17H13BrN4OS2. The van der Waals surface area contributed by atoms with Gasteiger partial charge < -0.3 is 5.73 Å². The fourth-order valence-corrected chi connectivity index (χ4v) is 5.27. The molecule has 3 heterocycles. The van der Waals surface area contributed by atoms with E-state index < -0.39 is 0 Å². The van der Waals surface area contributed by atoms with Crippen molar-refractivity contribution in [3.63, 3.8) is 0 Å². The lowest BCUT2D eigenvalue weighted by Crippen LogP contribution is -2.11. The monoisotopic (exact) mass is 432 g/mol. The van der Waals surface area contributed by atoms with Crippen molar-refractivity contribution >= 4 is 75.8 Å². The van der Waals surface area contributed by atoms with Crippen LogP contribution in [0.5, 0.6) is 0 Å². The highest BCUT2D eigenvalue weighted by atomic mass is 79.9. The predicted molar refractivity (Wildman–Crippen MR) is 109 cm³/mol. The van der Waals surface area contributed by atoms with Gasteiger partial charge in [0.05, 0.1) is 15.9 Å². The zero-order valence-corrected chi connectivity index (χ0v) is 16.6. The lowest BCUT2D eigenvalue weighted by molar-refractivity contribution is 0.103. The number of carbonyl (C=O) groups excluding carboxylic acids is 1. The number of thiophene rings is 1. The van der Waals surface area contributed by atoms with E-state index in [2.05, 4.69) is 31.2 Å². The van der Waals surface area contributed by atoms with Crippen molar-refractivity contribution in [3.8, 4) is 0 Å². The largest absolute Gasteiger partial charge is 0.397 e. The van der Waals surface area contributed by atoms with Crippen molar-refractivity contribution in [2.45, 2.75) is 13.8 Å². The van der Waals surface area contributed by atoms with Gasteiger partial charge in [-0.1, -0.05) is 27.3 Å². The number of thiazole rings is 1. The number of nitrogen functional groups attached to an aromatic ring is 1. The first-order valence-corrected chi connectivity index (χ1v) is 9.88. The second kappa shape index (κ2) is 6.05. The minimum Gasteiger partial charge on any atom is -0.397 e. The van der Waals surface area contributed by atoms with E-state index in [1.165, 1.54) is 22.7 Å². The maximum Gasteiger partial charge on any atom is 0.269 e. The summed E-state index contributed by atoms with van der Waals surface area (Å²) in [6.45, 7) is 3.91. The number of aromatic nitrogens is 2. The predicted octanol–water partition coefficient (Wildman–Crippen LogP) is 5.12. The number of amides is 1. The number of hydrogen-bond donors (Lipinski definition) is 2. The molecular weight excluding hydrogens is 420 g/mol. The molecule has 25 heavy (non-hydrogen) atoms. The van der Waals surface area contributed by atoms with E-state index >= 15 is 0 Å². The maximum atomic E-state index is 12.7. The van der Waals surface area contributed by atoms with Gasteiger partial charge in [0, 0.05) is 15.6 Å². The third-order valence-corrected chi connectivity index (χ3v) is 6.33. The van der Waals surface area contributed by atoms with E-state index in [1.807, 2.05) is 38.1 Å². The summed E-state index contributed by atoms with van der Waals surface area (Å²) in [6.07, 6.45) is 0. The molecule has 126 valence electrons. The fraction of sp³-hybridized carbons (Fsp3) is 0.118. The molecule has 1 amide bonds. The molecule has 0 fully saturated rings. The molecule has 1 aromatic carbocycles. The Morgan fingerprint density at radius 1 is 1.20 bits per heavy atom. The molecule has 0 aliphatic heterocycles. The number of nitrogens with zero attached hydrogens (tertiary/aromatic N) is 2. The highest BCUT2D eigenvalue weighted by molar-refractivity contribution is 9.10. The van der Waals surface area contributed by atoms with Crippen LogP contribution >= 0.6 is 38.6 Å². The molecule has 0 bridgehead atoms. The smallest absolute Gasteiger partial charge is 0.269 e. The Kier molecular flexibility index (Phi) is 3.98. The van der Waals surface area contributed by atoms with Crippen molar-refractivity contribution in [2.24, 2.45) is 0 Å². The number of hydrogen-bond acceptors (Lipinski definition) is 6. The Morgan fingerprint density at radius 2 is 2.00 bits per heavy atom. The number of nitrogens with one attached hydrogen (secondary N) is 1. The first kappa shape index (κ1) is 16.4. The number of halogens is 1. The molecule has 8 heteroatoms. The summed E-state index contributed by atoms with van der Waals surface area (Å²) in [5, 5.41) is 4.27. The Hall–Kier alpha value is -2.03.